The summed E-state index contributed by atoms with van der Waals surface area (Å²) in [6, 6.07) is 7.32. The summed E-state index contributed by atoms with van der Waals surface area (Å²) in [6.07, 6.45) is 0.788. The van der Waals surface area contributed by atoms with E-state index in [0.29, 0.717) is 0 Å². The number of nitrogens with two attached hydrogens (primary N) is 1. The van der Waals surface area contributed by atoms with Gasteiger partial charge in [0.25, 0.3) is 0 Å². The Labute approximate surface area is 88.4 Å². The molecule has 1 aliphatic carbocycles. The van der Waals surface area contributed by atoms with Gasteiger partial charge in [-0.05, 0) is 18.6 Å². The van der Waals surface area contributed by atoms with Crippen molar-refractivity contribution in [1.82, 2.24) is 0 Å². The van der Waals surface area contributed by atoms with Gasteiger partial charge >= 0.3 is 0 Å². The highest BCUT2D eigenvalue weighted by Gasteiger charge is 2.39. The molecule has 2 unspecified atom stereocenters. The molecule has 4 nitrogen and oxygen atoms in total. The number of rotatable bonds is 3. The first-order chi connectivity index (χ1) is 7.20. The molecular formula is C11H14N2O2. The van der Waals surface area contributed by atoms with Gasteiger partial charge in [0.05, 0.1) is 13.0 Å². The molecule has 0 spiro atoms. The number of ether oxygens (including phenoxy) is 1. The van der Waals surface area contributed by atoms with E-state index in [9.17, 15) is 4.79 Å². The maximum absolute atomic E-state index is 11.6. The van der Waals surface area contributed by atoms with Gasteiger partial charge in [0.15, 0.2) is 0 Å². The van der Waals surface area contributed by atoms with Gasteiger partial charge in [0, 0.05) is 17.8 Å². The minimum Gasteiger partial charge on any atom is -0.497 e. The second kappa shape index (κ2) is 3.90. The van der Waals surface area contributed by atoms with Crippen molar-refractivity contribution < 1.29 is 9.53 Å². The SMILES string of the molecule is COc1cccc(NC(=O)C2CC2N)c1. The molecule has 1 aromatic carbocycles. The highest BCUT2D eigenvalue weighted by atomic mass is 16.5. The summed E-state index contributed by atoms with van der Waals surface area (Å²) >= 11 is 0. The van der Waals surface area contributed by atoms with Crippen molar-refractivity contribution in [1.29, 1.82) is 0 Å². The van der Waals surface area contributed by atoms with Gasteiger partial charge < -0.3 is 15.8 Å². The van der Waals surface area contributed by atoms with Crippen molar-refractivity contribution in [3.05, 3.63) is 24.3 Å². The molecule has 80 valence electrons. The molecule has 2 atom stereocenters. The summed E-state index contributed by atoms with van der Waals surface area (Å²) in [6.45, 7) is 0. The lowest BCUT2D eigenvalue weighted by atomic mass is 10.3. The summed E-state index contributed by atoms with van der Waals surface area (Å²) in [5, 5.41) is 2.81. The average Bonchev–Trinajstić information content (AvgIpc) is 2.96. The maximum Gasteiger partial charge on any atom is 0.229 e. The second-order valence-electron chi connectivity index (χ2n) is 3.73. The molecule has 1 saturated carbocycles. The number of nitrogens with one attached hydrogen (secondary N) is 1. The fourth-order valence-electron chi connectivity index (χ4n) is 1.45. The molecule has 2 rings (SSSR count). The topological polar surface area (TPSA) is 64.3 Å². The lowest BCUT2D eigenvalue weighted by molar-refractivity contribution is -0.117. The molecule has 0 aromatic heterocycles. The van der Waals surface area contributed by atoms with E-state index in [0.717, 1.165) is 17.9 Å². The Kier molecular flexibility index (Phi) is 2.60. The van der Waals surface area contributed by atoms with Crippen LogP contribution >= 0.6 is 0 Å². The predicted octanol–water partition coefficient (Wildman–Crippen LogP) is 0.981. The predicted molar refractivity (Wildman–Crippen MR) is 57.7 cm³/mol. The number of amides is 1. The smallest absolute Gasteiger partial charge is 0.229 e. The Hall–Kier alpha value is -1.55. The summed E-state index contributed by atoms with van der Waals surface area (Å²) < 4.78 is 5.06. The van der Waals surface area contributed by atoms with Crippen LogP contribution in [0.5, 0.6) is 5.75 Å². The molecule has 0 saturated heterocycles. The van der Waals surface area contributed by atoms with E-state index in [2.05, 4.69) is 5.32 Å². The molecule has 1 amide bonds. The van der Waals surface area contributed by atoms with Gasteiger partial charge in [-0.25, -0.2) is 0 Å². The number of hydrogen-bond donors (Lipinski definition) is 2. The zero-order chi connectivity index (χ0) is 10.8. The minimum absolute atomic E-state index is 0.00393. The number of hydrogen-bond acceptors (Lipinski definition) is 3. The van der Waals surface area contributed by atoms with E-state index < -0.39 is 0 Å². The summed E-state index contributed by atoms with van der Waals surface area (Å²) in [5.41, 5.74) is 6.34. The third kappa shape index (κ3) is 2.27. The third-order valence-corrected chi connectivity index (χ3v) is 2.51. The van der Waals surface area contributed by atoms with Gasteiger partial charge in [-0.3, -0.25) is 4.79 Å². The molecule has 0 heterocycles. The number of methoxy groups -OCH3 is 1. The first-order valence-electron chi connectivity index (χ1n) is 4.91. The number of carbonyl (C=O) groups excluding carboxylic acids is 1. The Morgan fingerprint density at radius 2 is 2.33 bits per heavy atom. The van der Waals surface area contributed by atoms with Crippen LogP contribution in [-0.4, -0.2) is 19.1 Å². The Bertz CT molecular complexity index is 379. The summed E-state index contributed by atoms with van der Waals surface area (Å²) in [4.78, 5) is 11.6. The van der Waals surface area contributed by atoms with Gasteiger partial charge in [0.2, 0.25) is 5.91 Å². The average molecular weight is 206 g/mol. The van der Waals surface area contributed by atoms with Crippen molar-refractivity contribution in [2.75, 3.05) is 12.4 Å². The molecule has 1 aromatic rings. The molecule has 4 heteroatoms. The van der Waals surface area contributed by atoms with E-state index >= 15 is 0 Å². The monoisotopic (exact) mass is 206 g/mol. The molecular weight excluding hydrogens is 192 g/mol. The number of anilines is 1. The number of benzene rings is 1. The van der Waals surface area contributed by atoms with Crippen LogP contribution < -0.4 is 15.8 Å². The van der Waals surface area contributed by atoms with Crippen molar-refractivity contribution >= 4 is 11.6 Å². The van der Waals surface area contributed by atoms with Gasteiger partial charge in [0.1, 0.15) is 5.75 Å². The molecule has 0 aliphatic heterocycles. The Morgan fingerprint density at radius 3 is 2.93 bits per heavy atom. The van der Waals surface area contributed by atoms with Crippen LogP contribution in [0.3, 0.4) is 0 Å². The van der Waals surface area contributed by atoms with Gasteiger partial charge in [-0.2, -0.15) is 0 Å². The summed E-state index contributed by atoms with van der Waals surface area (Å²) in [5.74, 6) is 0.708. The van der Waals surface area contributed by atoms with E-state index in [4.69, 9.17) is 10.5 Å². The molecule has 1 aliphatic rings. The maximum atomic E-state index is 11.6. The zero-order valence-corrected chi connectivity index (χ0v) is 8.57. The highest BCUT2D eigenvalue weighted by molar-refractivity contribution is 5.95. The van der Waals surface area contributed by atoms with Crippen molar-refractivity contribution in [2.45, 2.75) is 12.5 Å². The molecule has 0 bridgehead atoms. The van der Waals surface area contributed by atoms with Crippen molar-refractivity contribution in [3.8, 4) is 5.75 Å². The normalized spacial score (nSPS) is 23.3. The van der Waals surface area contributed by atoms with Crippen LogP contribution in [-0.2, 0) is 4.79 Å². The molecule has 1 fully saturated rings. The fourth-order valence-corrected chi connectivity index (χ4v) is 1.45. The van der Waals surface area contributed by atoms with E-state index in [1.807, 2.05) is 18.2 Å². The van der Waals surface area contributed by atoms with Crippen LogP contribution in [0, 0.1) is 5.92 Å². The van der Waals surface area contributed by atoms with E-state index in [1.165, 1.54) is 0 Å². The Morgan fingerprint density at radius 1 is 1.60 bits per heavy atom. The second-order valence-corrected chi connectivity index (χ2v) is 3.73. The van der Waals surface area contributed by atoms with Crippen LogP contribution in [0.2, 0.25) is 0 Å². The first-order valence-corrected chi connectivity index (χ1v) is 4.91. The lowest BCUT2D eigenvalue weighted by Crippen LogP contribution is -2.18. The van der Waals surface area contributed by atoms with E-state index in [1.54, 1.807) is 13.2 Å². The van der Waals surface area contributed by atoms with Gasteiger partial charge in [-0.15, -0.1) is 0 Å². The standard InChI is InChI=1S/C11H14N2O2/c1-15-8-4-2-3-7(5-8)13-11(14)9-6-10(9)12/h2-5,9-10H,6,12H2,1H3,(H,13,14). The van der Waals surface area contributed by atoms with Gasteiger partial charge in [-0.1, -0.05) is 6.07 Å². The third-order valence-electron chi connectivity index (χ3n) is 2.51. The van der Waals surface area contributed by atoms with E-state index in [-0.39, 0.29) is 17.9 Å². The van der Waals surface area contributed by atoms with Crippen LogP contribution in [0.1, 0.15) is 6.42 Å². The van der Waals surface area contributed by atoms with Crippen LogP contribution in [0.4, 0.5) is 5.69 Å². The minimum atomic E-state index is -0.0174. The Balaban J connectivity index is 2.00. The summed E-state index contributed by atoms with van der Waals surface area (Å²) in [7, 11) is 1.59. The van der Waals surface area contributed by atoms with Crippen LogP contribution in [0.25, 0.3) is 0 Å². The fraction of sp³-hybridized carbons (Fsp3) is 0.364. The quantitative estimate of drug-likeness (QED) is 0.774. The lowest BCUT2D eigenvalue weighted by Gasteiger charge is -2.06. The van der Waals surface area contributed by atoms with Crippen LogP contribution in [0.15, 0.2) is 24.3 Å². The zero-order valence-electron chi connectivity index (χ0n) is 8.57. The number of carbonyl (C=O) groups is 1. The van der Waals surface area contributed by atoms with Crippen molar-refractivity contribution in [3.63, 3.8) is 0 Å². The van der Waals surface area contributed by atoms with Crippen molar-refractivity contribution in [2.24, 2.45) is 11.7 Å². The molecule has 15 heavy (non-hydrogen) atoms. The first kappa shape index (κ1) is 9.98. The molecule has 3 N–H and O–H groups in total. The highest BCUT2D eigenvalue weighted by Crippen LogP contribution is 2.29. The molecule has 0 radical (unpaired) electrons. The largest absolute Gasteiger partial charge is 0.497 e.